The molecule has 0 aliphatic carbocycles. The molecule has 3 aromatic rings. The van der Waals surface area contributed by atoms with E-state index in [-0.39, 0.29) is 17.5 Å². The predicted molar refractivity (Wildman–Crippen MR) is 103 cm³/mol. The van der Waals surface area contributed by atoms with Crippen LogP contribution in [0.5, 0.6) is 17.2 Å². The highest BCUT2D eigenvalue weighted by molar-refractivity contribution is 5.80. The zero-order valence-corrected chi connectivity index (χ0v) is 15.9. The van der Waals surface area contributed by atoms with Crippen LogP contribution in [0.25, 0.3) is 11.0 Å². The number of ether oxygens (including phenoxy) is 3. The third-order valence-corrected chi connectivity index (χ3v) is 5.01. The van der Waals surface area contributed by atoms with E-state index in [1.54, 1.807) is 35.7 Å². The number of fused-ring (bicyclic) bond motifs is 1. The van der Waals surface area contributed by atoms with Crippen LogP contribution in [0.3, 0.4) is 0 Å². The van der Waals surface area contributed by atoms with Crippen LogP contribution in [0.15, 0.2) is 35.3 Å². The summed E-state index contributed by atoms with van der Waals surface area (Å²) in [6, 6.07) is 6.71. The molecule has 1 N–H and O–H groups in total. The van der Waals surface area contributed by atoms with Crippen LogP contribution in [0, 0.1) is 0 Å². The van der Waals surface area contributed by atoms with Gasteiger partial charge in [0.25, 0.3) is 5.56 Å². The Balaban J connectivity index is 1.76. The van der Waals surface area contributed by atoms with Gasteiger partial charge in [-0.2, -0.15) is 5.10 Å². The van der Waals surface area contributed by atoms with Crippen LogP contribution in [-0.4, -0.2) is 40.3 Å². The van der Waals surface area contributed by atoms with E-state index in [1.165, 1.54) is 6.07 Å². The first-order valence-corrected chi connectivity index (χ1v) is 9.25. The SMILES string of the molecule is COc1ccc(Cn2c(=O)cc(O)c3nn(C4CCCCO4)cc32)cc1OC. The lowest BCUT2D eigenvalue weighted by molar-refractivity contribution is -0.0391. The number of pyridine rings is 1. The molecule has 1 atom stereocenters. The molecule has 1 aliphatic rings. The van der Waals surface area contributed by atoms with Crippen molar-refractivity contribution in [2.24, 2.45) is 0 Å². The lowest BCUT2D eigenvalue weighted by atomic mass is 10.2. The van der Waals surface area contributed by atoms with E-state index in [0.717, 1.165) is 24.8 Å². The summed E-state index contributed by atoms with van der Waals surface area (Å²) in [6.07, 6.45) is 4.55. The summed E-state index contributed by atoms with van der Waals surface area (Å²) < 4.78 is 19.7. The van der Waals surface area contributed by atoms with Gasteiger partial charge in [0.1, 0.15) is 6.23 Å². The number of aromatic nitrogens is 3. The van der Waals surface area contributed by atoms with Crippen molar-refractivity contribution in [3.05, 3.63) is 46.4 Å². The second-order valence-electron chi connectivity index (χ2n) is 6.81. The van der Waals surface area contributed by atoms with E-state index in [2.05, 4.69) is 5.10 Å². The molecule has 1 saturated heterocycles. The summed E-state index contributed by atoms with van der Waals surface area (Å²) in [4.78, 5) is 12.6. The van der Waals surface area contributed by atoms with Gasteiger partial charge in [-0.15, -0.1) is 0 Å². The minimum Gasteiger partial charge on any atom is -0.505 e. The highest BCUT2D eigenvalue weighted by atomic mass is 16.5. The molecule has 0 spiro atoms. The second-order valence-corrected chi connectivity index (χ2v) is 6.81. The Morgan fingerprint density at radius 1 is 1.21 bits per heavy atom. The largest absolute Gasteiger partial charge is 0.505 e. The lowest BCUT2D eigenvalue weighted by Crippen LogP contribution is -2.20. The molecule has 3 heterocycles. The molecule has 0 amide bonds. The fourth-order valence-corrected chi connectivity index (χ4v) is 3.55. The maximum absolute atomic E-state index is 12.6. The Kier molecular flexibility index (Phi) is 4.95. The molecule has 148 valence electrons. The summed E-state index contributed by atoms with van der Waals surface area (Å²) in [5, 5.41) is 14.7. The van der Waals surface area contributed by atoms with Gasteiger partial charge < -0.3 is 23.9 Å². The fourth-order valence-electron chi connectivity index (χ4n) is 3.55. The molecule has 2 aromatic heterocycles. The maximum Gasteiger partial charge on any atom is 0.255 e. The number of nitrogens with zero attached hydrogens (tertiary/aromatic N) is 3. The molecule has 8 nitrogen and oxygen atoms in total. The topological polar surface area (TPSA) is 87.7 Å². The number of benzene rings is 1. The third-order valence-electron chi connectivity index (χ3n) is 5.01. The van der Waals surface area contributed by atoms with Gasteiger partial charge in [-0.05, 0) is 37.0 Å². The van der Waals surface area contributed by atoms with Crippen molar-refractivity contribution in [3.63, 3.8) is 0 Å². The molecule has 28 heavy (non-hydrogen) atoms. The quantitative estimate of drug-likeness (QED) is 0.727. The molecular weight excluding hydrogens is 362 g/mol. The summed E-state index contributed by atoms with van der Waals surface area (Å²) in [6.45, 7) is 0.998. The first kappa shape index (κ1) is 18.4. The van der Waals surface area contributed by atoms with Crippen molar-refractivity contribution in [3.8, 4) is 17.2 Å². The van der Waals surface area contributed by atoms with Crippen LogP contribution in [-0.2, 0) is 11.3 Å². The molecular formula is C20H23N3O5. The van der Waals surface area contributed by atoms with E-state index in [0.29, 0.717) is 35.7 Å². The minimum atomic E-state index is -0.302. The Hall–Kier alpha value is -3.00. The molecule has 1 aliphatic heterocycles. The minimum absolute atomic E-state index is 0.127. The normalized spacial score (nSPS) is 17.0. The zero-order chi connectivity index (χ0) is 19.7. The van der Waals surface area contributed by atoms with Gasteiger partial charge in [-0.25, -0.2) is 4.68 Å². The summed E-state index contributed by atoms with van der Waals surface area (Å²) >= 11 is 0. The summed E-state index contributed by atoms with van der Waals surface area (Å²) in [5.74, 6) is 1.09. The van der Waals surface area contributed by atoms with Crippen LogP contribution in [0.2, 0.25) is 0 Å². The number of hydrogen-bond donors (Lipinski definition) is 1. The number of aromatic hydroxyl groups is 1. The molecule has 8 heteroatoms. The first-order valence-electron chi connectivity index (χ1n) is 9.25. The fraction of sp³-hybridized carbons (Fsp3) is 0.400. The van der Waals surface area contributed by atoms with Crippen molar-refractivity contribution in [1.29, 1.82) is 0 Å². The molecule has 0 bridgehead atoms. The van der Waals surface area contributed by atoms with Crippen LogP contribution in [0.4, 0.5) is 0 Å². The van der Waals surface area contributed by atoms with Crippen LogP contribution in [0.1, 0.15) is 31.1 Å². The smallest absolute Gasteiger partial charge is 0.255 e. The average molecular weight is 385 g/mol. The predicted octanol–water partition coefficient (Wildman–Crippen LogP) is 2.67. The van der Waals surface area contributed by atoms with Gasteiger partial charge >= 0.3 is 0 Å². The van der Waals surface area contributed by atoms with E-state index in [9.17, 15) is 9.90 Å². The number of rotatable bonds is 5. The second kappa shape index (κ2) is 7.55. The average Bonchev–Trinajstić information content (AvgIpc) is 3.17. The highest BCUT2D eigenvalue weighted by Gasteiger charge is 2.20. The van der Waals surface area contributed by atoms with Crippen molar-refractivity contribution in [1.82, 2.24) is 14.3 Å². The Morgan fingerprint density at radius 3 is 2.75 bits per heavy atom. The molecule has 1 fully saturated rings. The van der Waals surface area contributed by atoms with Gasteiger partial charge in [-0.1, -0.05) is 6.07 Å². The van der Waals surface area contributed by atoms with Gasteiger partial charge in [0, 0.05) is 12.7 Å². The number of hydrogen-bond acceptors (Lipinski definition) is 6. The standard InChI is InChI=1S/C20H23N3O5/c1-26-16-7-6-13(9-17(16)27-2)11-22-14-12-23(19-5-3-4-8-28-19)21-20(14)15(24)10-18(22)25/h6-7,9-10,12,19,24H,3-5,8,11H2,1-2H3. The summed E-state index contributed by atoms with van der Waals surface area (Å²) in [5.41, 5.74) is 1.51. The molecule has 4 rings (SSSR count). The van der Waals surface area contributed by atoms with Crippen molar-refractivity contribution < 1.29 is 19.3 Å². The molecule has 0 saturated carbocycles. The molecule has 1 unspecified atom stereocenters. The zero-order valence-electron chi connectivity index (χ0n) is 15.9. The van der Waals surface area contributed by atoms with Gasteiger partial charge in [0.2, 0.25) is 0 Å². The Morgan fingerprint density at radius 2 is 2.04 bits per heavy atom. The van der Waals surface area contributed by atoms with E-state index >= 15 is 0 Å². The van der Waals surface area contributed by atoms with E-state index in [1.807, 2.05) is 12.1 Å². The van der Waals surface area contributed by atoms with Crippen LogP contribution >= 0.6 is 0 Å². The number of methoxy groups -OCH3 is 2. The lowest BCUT2D eigenvalue weighted by Gasteiger charge is -2.22. The third kappa shape index (κ3) is 3.31. The van der Waals surface area contributed by atoms with Gasteiger partial charge in [0.15, 0.2) is 22.8 Å². The van der Waals surface area contributed by atoms with Crippen LogP contribution < -0.4 is 15.0 Å². The van der Waals surface area contributed by atoms with Crippen molar-refractivity contribution >= 4 is 11.0 Å². The Bertz CT molecular complexity index is 1050. The molecule has 0 radical (unpaired) electrons. The van der Waals surface area contributed by atoms with Gasteiger partial charge in [0.05, 0.1) is 32.5 Å². The maximum atomic E-state index is 12.6. The summed E-state index contributed by atoms with van der Waals surface area (Å²) in [7, 11) is 3.15. The van der Waals surface area contributed by atoms with E-state index in [4.69, 9.17) is 14.2 Å². The first-order chi connectivity index (χ1) is 13.6. The van der Waals surface area contributed by atoms with Crippen molar-refractivity contribution in [2.45, 2.75) is 32.0 Å². The van der Waals surface area contributed by atoms with Crippen molar-refractivity contribution in [2.75, 3.05) is 20.8 Å². The van der Waals surface area contributed by atoms with E-state index < -0.39 is 0 Å². The Labute approximate surface area is 161 Å². The molecule has 1 aromatic carbocycles. The van der Waals surface area contributed by atoms with Gasteiger partial charge in [-0.3, -0.25) is 4.79 Å². The monoisotopic (exact) mass is 385 g/mol. The highest BCUT2D eigenvalue weighted by Crippen LogP contribution is 2.30.